The van der Waals surface area contributed by atoms with Gasteiger partial charge in [-0.2, -0.15) is 0 Å². The van der Waals surface area contributed by atoms with Gasteiger partial charge in [0.1, 0.15) is 0 Å². The van der Waals surface area contributed by atoms with Crippen LogP contribution in [0.3, 0.4) is 0 Å². The van der Waals surface area contributed by atoms with Gasteiger partial charge < -0.3 is 32.9 Å². The van der Waals surface area contributed by atoms with E-state index in [1.54, 1.807) is 0 Å². The van der Waals surface area contributed by atoms with Crippen LogP contribution in [0.1, 0.15) is 0 Å². The standard InChI is InChI=1S/Mg.Mn.Mo.6O.Sr/q2*+2;+6;6*-2;+2. The fourth-order valence-electron chi connectivity index (χ4n) is 0. The second kappa shape index (κ2) is 149. The van der Waals surface area contributed by atoms with Gasteiger partial charge in [0.05, 0.1) is 0 Å². The molecule has 1 radical (unpaired) electrons. The normalized spacial score (nSPS) is 0. The van der Waals surface area contributed by atoms with Crippen molar-refractivity contribution in [1.29, 1.82) is 0 Å². The third-order valence-corrected chi connectivity index (χ3v) is 0. The Labute approximate surface area is 137 Å². The van der Waals surface area contributed by atoms with Gasteiger partial charge in [0.2, 0.25) is 0 Å². The number of rotatable bonds is 0. The first-order chi connectivity index (χ1) is 0. The van der Waals surface area contributed by atoms with Crippen molar-refractivity contribution >= 4 is 68.5 Å². The molecule has 0 spiro atoms. The van der Waals surface area contributed by atoms with E-state index in [1.165, 1.54) is 0 Å². The Morgan fingerprint density at radius 1 is 0.500 bits per heavy atom. The van der Waals surface area contributed by atoms with Crippen molar-refractivity contribution in [2.75, 3.05) is 0 Å². The molecule has 0 N–H and O–H groups in total. The van der Waals surface area contributed by atoms with Crippen molar-refractivity contribution in [3.05, 3.63) is 0 Å². The summed E-state index contributed by atoms with van der Waals surface area (Å²) in [4.78, 5) is 0. The summed E-state index contributed by atoms with van der Waals surface area (Å²) < 4.78 is 0. The Balaban J connectivity index is 0. The molecule has 0 amide bonds. The largest absolute Gasteiger partial charge is 6.00 e. The van der Waals surface area contributed by atoms with Crippen molar-refractivity contribution in [1.82, 2.24) is 0 Å². The molecule has 53 valence electrons. The second-order valence-electron chi connectivity index (χ2n) is 0. The van der Waals surface area contributed by atoms with Gasteiger partial charge in [0.15, 0.2) is 0 Å². The first-order valence-corrected chi connectivity index (χ1v) is 0. The van der Waals surface area contributed by atoms with E-state index in [0.717, 1.165) is 0 Å². The molecule has 0 aliphatic carbocycles. The summed E-state index contributed by atoms with van der Waals surface area (Å²) in [7, 11) is 0. The smallest absolute Gasteiger partial charge is 2.00 e. The molecule has 0 aromatic heterocycles. The first kappa shape index (κ1) is 191. The van der Waals surface area contributed by atoms with Gasteiger partial charge in [-0.05, 0) is 0 Å². The molecular formula is MgMnMoO6Sr. The van der Waals surface area contributed by atoms with Gasteiger partial charge >= 0.3 is 107 Å². The maximum absolute atomic E-state index is 0. The van der Waals surface area contributed by atoms with E-state index in [2.05, 4.69) is 0 Å². The molecule has 0 rings (SSSR count). The van der Waals surface area contributed by atoms with Crippen LogP contribution in [0.5, 0.6) is 0 Å². The Hall–Kier alpha value is 3.21. The third kappa shape index (κ3) is 113. The van der Waals surface area contributed by atoms with Gasteiger partial charge in [-0.25, -0.2) is 0 Å². The van der Waals surface area contributed by atoms with Crippen LogP contribution in [0.25, 0.3) is 0 Å². The van der Waals surface area contributed by atoms with E-state index in [0.29, 0.717) is 0 Å². The van der Waals surface area contributed by atoms with Gasteiger partial charge in [0, 0.05) is 0 Å². The van der Waals surface area contributed by atoms with E-state index in [-0.39, 0.29) is 140 Å². The van der Waals surface area contributed by atoms with Gasteiger partial charge in [-0.3, -0.25) is 0 Å². The van der Waals surface area contributed by atoms with Crippen LogP contribution in [0, 0.1) is 0 Å². The van der Waals surface area contributed by atoms with Crippen molar-refractivity contribution in [3.63, 3.8) is 0 Å². The molecule has 10 heavy (non-hydrogen) atoms. The summed E-state index contributed by atoms with van der Waals surface area (Å²) in [5.74, 6) is 0. The summed E-state index contributed by atoms with van der Waals surface area (Å²) in [6.07, 6.45) is 0. The maximum atomic E-state index is 0. The van der Waals surface area contributed by atoms with Gasteiger partial charge in [0.25, 0.3) is 0 Å². The zero-order valence-electron chi connectivity index (χ0n) is 4.65. The minimum Gasteiger partial charge on any atom is -2.00 e. The van der Waals surface area contributed by atoms with Crippen molar-refractivity contribution in [3.8, 4) is 0 Å². The monoisotopic (exact) mass is 361 g/mol. The molecule has 0 saturated carbocycles. The van der Waals surface area contributed by atoms with Crippen LogP contribution in [-0.4, -0.2) is 68.5 Å². The molecule has 0 unspecified atom stereocenters. The fourth-order valence-corrected chi connectivity index (χ4v) is 0. The molecule has 0 aromatic carbocycles. The summed E-state index contributed by atoms with van der Waals surface area (Å²) >= 11 is 0. The number of hydrogen-bond donors (Lipinski definition) is 0. The SMILES string of the molecule is [Mg+2].[Mn+2].[Mo+6].[O-2].[O-2].[O-2].[O-2].[O-2].[O-2].[Sr+2]. The molecule has 10 heteroatoms. The van der Waals surface area contributed by atoms with Crippen LogP contribution < -0.4 is 0 Å². The van der Waals surface area contributed by atoms with E-state index in [9.17, 15) is 0 Å². The van der Waals surface area contributed by atoms with Gasteiger partial charge in [-0.15, -0.1) is 0 Å². The molecule has 0 aliphatic heterocycles. The average molecular weight is 359 g/mol. The minimum absolute atomic E-state index is 0. The summed E-state index contributed by atoms with van der Waals surface area (Å²) in [5, 5.41) is 0. The molecule has 0 atom stereocenters. The molecule has 0 fully saturated rings. The van der Waals surface area contributed by atoms with Crippen molar-refractivity contribution in [2.24, 2.45) is 0 Å². The summed E-state index contributed by atoms with van der Waals surface area (Å²) in [6, 6.07) is 0. The maximum Gasteiger partial charge on any atom is 6.00 e. The van der Waals surface area contributed by atoms with Crippen molar-refractivity contribution < 1.29 is 71.0 Å². The molecule has 0 saturated heterocycles. The van der Waals surface area contributed by atoms with Crippen molar-refractivity contribution in [2.45, 2.75) is 0 Å². The van der Waals surface area contributed by atoms with Crippen LogP contribution in [-0.2, 0) is 71.0 Å². The predicted molar refractivity (Wildman–Crippen MR) is 15.6 cm³/mol. The van der Waals surface area contributed by atoms with E-state index in [4.69, 9.17) is 0 Å². The van der Waals surface area contributed by atoms with E-state index in [1.807, 2.05) is 0 Å². The van der Waals surface area contributed by atoms with Crippen LogP contribution in [0.2, 0.25) is 0 Å². The zero-order chi connectivity index (χ0) is 0. The Morgan fingerprint density at radius 2 is 0.500 bits per heavy atom. The Bertz CT molecular complexity index is 17.7. The molecule has 0 aromatic rings. The van der Waals surface area contributed by atoms with E-state index < -0.39 is 0 Å². The second-order valence-corrected chi connectivity index (χ2v) is 0. The van der Waals surface area contributed by atoms with E-state index >= 15 is 0 Å². The quantitative estimate of drug-likeness (QED) is 0.460. The molecule has 0 aliphatic rings. The van der Waals surface area contributed by atoms with Crippen LogP contribution in [0.4, 0.5) is 0 Å². The Morgan fingerprint density at radius 3 is 0.500 bits per heavy atom. The molecule has 0 bridgehead atoms. The third-order valence-electron chi connectivity index (χ3n) is 0. The zero-order valence-corrected chi connectivity index (χ0v) is 12.7. The predicted octanol–water partition coefficient (Wildman–Crippen LogP) is -1.48. The fraction of sp³-hybridized carbons (Fsp3) is 0. The molecule has 6 nitrogen and oxygen atoms in total. The topological polar surface area (TPSA) is 171 Å². The Kier molecular flexibility index (Phi) is 2840. The molecule has 0 heterocycles. The average Bonchev–Trinajstić information content (AvgIpc) is 0. The van der Waals surface area contributed by atoms with Crippen LogP contribution in [0.15, 0.2) is 0 Å². The number of hydrogen-bond acceptors (Lipinski definition) is 0. The first-order valence-electron chi connectivity index (χ1n) is 0. The van der Waals surface area contributed by atoms with Crippen LogP contribution >= 0.6 is 0 Å². The molecular weight excluding hydrogens is 359 g/mol. The minimum atomic E-state index is 0. The van der Waals surface area contributed by atoms with Gasteiger partial charge in [-0.1, -0.05) is 0 Å². The summed E-state index contributed by atoms with van der Waals surface area (Å²) in [5.41, 5.74) is 0. The summed E-state index contributed by atoms with van der Waals surface area (Å²) in [6.45, 7) is 0.